The van der Waals surface area contributed by atoms with Crippen molar-refractivity contribution in [3.63, 3.8) is 0 Å². The number of ether oxygens (including phenoxy) is 3. The zero-order chi connectivity index (χ0) is 25.1. The molecule has 6 rings (SSSR count). The van der Waals surface area contributed by atoms with Crippen LogP contribution in [0.25, 0.3) is 0 Å². The van der Waals surface area contributed by atoms with Gasteiger partial charge in [0.05, 0.1) is 49.6 Å². The smallest absolute Gasteiger partial charge is 0.338 e. The predicted molar refractivity (Wildman–Crippen MR) is 128 cm³/mol. The number of anilines is 1. The Labute approximate surface area is 207 Å². The summed E-state index contributed by atoms with van der Waals surface area (Å²) in [5, 5.41) is 4.40. The number of rotatable bonds is 6. The lowest BCUT2D eigenvalue weighted by atomic mass is 9.71. The first-order chi connectivity index (χ1) is 17.5. The van der Waals surface area contributed by atoms with Crippen LogP contribution in [0.3, 0.4) is 0 Å². The van der Waals surface area contributed by atoms with Crippen LogP contribution in [0.15, 0.2) is 47.6 Å². The number of carbonyl (C=O) groups excluding carboxylic acids is 3. The molecule has 2 heterocycles. The van der Waals surface area contributed by atoms with Crippen molar-refractivity contribution < 1.29 is 33.4 Å². The van der Waals surface area contributed by atoms with Crippen molar-refractivity contribution in [3.05, 3.63) is 53.6 Å². The third-order valence-corrected chi connectivity index (χ3v) is 8.01. The SMILES string of the molecule is CCOC(=O)c1ccc(N2C(=O)[C@@H]3[C@H]4C[C@@H]([C@@H]5C(c6ccc(OC)c(OC)c6)=NO[C@H]45)[C@@H]3C2=O)cc1. The van der Waals surface area contributed by atoms with E-state index in [0.29, 0.717) is 22.7 Å². The first-order valence-corrected chi connectivity index (χ1v) is 12.1. The molecule has 2 aromatic carbocycles. The van der Waals surface area contributed by atoms with Gasteiger partial charge in [-0.05, 0) is 61.7 Å². The zero-order valence-electron chi connectivity index (χ0n) is 20.2. The number of fused-ring (bicyclic) bond motifs is 8. The fourth-order valence-electron chi connectivity index (χ4n) is 6.58. The molecule has 9 heteroatoms. The molecule has 2 aliphatic heterocycles. The fraction of sp³-hybridized carbons (Fsp3) is 0.407. The van der Waals surface area contributed by atoms with Gasteiger partial charge in [-0.15, -0.1) is 0 Å². The standard InChI is InChI=1S/C27H26N2O7/c1-4-35-27(32)13-5-8-15(9-6-13)29-25(30)20-16-12-17(21(20)26(29)31)24-22(16)23(28-36-24)14-7-10-18(33-2)19(11-14)34-3/h5-11,16-17,20-22,24H,4,12H2,1-3H3/t16-,17-,20+,21-,22-,24-/m1/s1. The Hall–Kier alpha value is -3.88. The molecule has 2 saturated carbocycles. The van der Waals surface area contributed by atoms with Gasteiger partial charge in [-0.1, -0.05) is 5.16 Å². The van der Waals surface area contributed by atoms with E-state index in [1.807, 2.05) is 18.2 Å². The maximum absolute atomic E-state index is 13.6. The van der Waals surface area contributed by atoms with Gasteiger partial charge < -0.3 is 19.0 Å². The number of nitrogens with zero attached hydrogens (tertiary/aromatic N) is 2. The second-order valence-electron chi connectivity index (χ2n) is 9.54. The van der Waals surface area contributed by atoms with Crippen molar-refractivity contribution >= 4 is 29.2 Å². The van der Waals surface area contributed by atoms with Crippen molar-refractivity contribution in [3.8, 4) is 11.5 Å². The van der Waals surface area contributed by atoms with E-state index < -0.39 is 17.8 Å². The van der Waals surface area contributed by atoms with Gasteiger partial charge in [-0.25, -0.2) is 4.79 Å². The number of hydrogen-bond donors (Lipinski definition) is 0. The monoisotopic (exact) mass is 490 g/mol. The topological polar surface area (TPSA) is 104 Å². The highest BCUT2D eigenvalue weighted by atomic mass is 16.6. The molecule has 2 aliphatic carbocycles. The highest BCUT2D eigenvalue weighted by Crippen LogP contribution is 2.62. The van der Waals surface area contributed by atoms with Gasteiger partial charge in [0.25, 0.3) is 0 Å². The molecule has 0 aromatic heterocycles. The highest BCUT2D eigenvalue weighted by molar-refractivity contribution is 6.23. The van der Waals surface area contributed by atoms with Crippen LogP contribution in [0.2, 0.25) is 0 Å². The maximum Gasteiger partial charge on any atom is 0.338 e. The van der Waals surface area contributed by atoms with E-state index in [1.165, 1.54) is 4.90 Å². The van der Waals surface area contributed by atoms with Crippen molar-refractivity contribution in [2.45, 2.75) is 19.4 Å². The van der Waals surface area contributed by atoms with E-state index in [2.05, 4.69) is 5.16 Å². The van der Waals surface area contributed by atoms with E-state index in [0.717, 1.165) is 17.7 Å². The van der Waals surface area contributed by atoms with Crippen LogP contribution in [0.4, 0.5) is 5.69 Å². The molecular weight excluding hydrogens is 464 g/mol. The second kappa shape index (κ2) is 8.36. The number of esters is 1. The van der Waals surface area contributed by atoms with Crippen LogP contribution in [0.5, 0.6) is 11.5 Å². The summed E-state index contributed by atoms with van der Waals surface area (Å²) < 4.78 is 15.8. The molecule has 2 bridgehead atoms. The van der Waals surface area contributed by atoms with Crippen LogP contribution in [0, 0.1) is 29.6 Å². The maximum atomic E-state index is 13.6. The van der Waals surface area contributed by atoms with E-state index >= 15 is 0 Å². The number of hydrogen-bond acceptors (Lipinski definition) is 8. The molecule has 1 saturated heterocycles. The Bertz CT molecular complexity index is 1290. The minimum Gasteiger partial charge on any atom is -0.493 e. The molecule has 4 aliphatic rings. The average molecular weight is 491 g/mol. The molecule has 0 unspecified atom stereocenters. The quantitative estimate of drug-likeness (QED) is 0.453. The highest BCUT2D eigenvalue weighted by Gasteiger charge is 2.70. The van der Waals surface area contributed by atoms with Crippen LogP contribution in [0.1, 0.15) is 29.3 Å². The third kappa shape index (κ3) is 3.08. The van der Waals surface area contributed by atoms with Gasteiger partial charge in [-0.3, -0.25) is 14.5 Å². The first kappa shape index (κ1) is 22.6. The molecule has 9 nitrogen and oxygen atoms in total. The minimum atomic E-state index is -0.440. The summed E-state index contributed by atoms with van der Waals surface area (Å²) in [6.07, 6.45) is 0.520. The van der Waals surface area contributed by atoms with Gasteiger partial charge in [0.15, 0.2) is 11.5 Å². The van der Waals surface area contributed by atoms with E-state index in [-0.39, 0.29) is 42.3 Å². The van der Waals surface area contributed by atoms with E-state index in [1.54, 1.807) is 45.4 Å². The molecule has 6 atom stereocenters. The molecule has 2 amide bonds. The normalized spacial score (nSPS) is 29.5. The molecule has 36 heavy (non-hydrogen) atoms. The number of imide groups is 1. The zero-order valence-corrected chi connectivity index (χ0v) is 20.2. The van der Waals surface area contributed by atoms with Gasteiger partial charge in [0, 0.05) is 17.4 Å². The van der Waals surface area contributed by atoms with Crippen molar-refractivity contribution in [1.82, 2.24) is 0 Å². The van der Waals surface area contributed by atoms with Crippen LogP contribution < -0.4 is 14.4 Å². The van der Waals surface area contributed by atoms with Gasteiger partial charge in [0.2, 0.25) is 11.8 Å². The summed E-state index contributed by atoms with van der Waals surface area (Å²) in [6, 6.07) is 12.0. The lowest BCUT2D eigenvalue weighted by Crippen LogP contribution is -2.41. The summed E-state index contributed by atoms with van der Waals surface area (Å²) in [4.78, 5) is 46.3. The average Bonchev–Trinajstić information content (AvgIpc) is 3.64. The van der Waals surface area contributed by atoms with Crippen LogP contribution in [-0.4, -0.2) is 50.4 Å². The molecule has 0 spiro atoms. The van der Waals surface area contributed by atoms with Crippen molar-refractivity contribution in [2.24, 2.45) is 34.7 Å². The Morgan fingerprint density at radius 2 is 1.67 bits per heavy atom. The molecule has 3 fully saturated rings. The molecule has 0 radical (unpaired) electrons. The van der Waals surface area contributed by atoms with Gasteiger partial charge >= 0.3 is 5.97 Å². The number of oxime groups is 1. The van der Waals surface area contributed by atoms with Crippen LogP contribution >= 0.6 is 0 Å². The van der Waals surface area contributed by atoms with Gasteiger partial charge in [-0.2, -0.15) is 0 Å². The minimum absolute atomic E-state index is 0.0420. The third-order valence-electron chi connectivity index (χ3n) is 8.01. The van der Waals surface area contributed by atoms with E-state index in [9.17, 15) is 14.4 Å². The Balaban J connectivity index is 1.27. The summed E-state index contributed by atoms with van der Waals surface area (Å²) in [5.74, 6) is -0.665. The van der Waals surface area contributed by atoms with Gasteiger partial charge in [0.1, 0.15) is 6.10 Å². The lowest BCUT2D eigenvalue weighted by molar-refractivity contribution is -0.125. The number of benzene rings is 2. The first-order valence-electron chi connectivity index (χ1n) is 12.1. The molecule has 0 N–H and O–H groups in total. The lowest BCUT2D eigenvalue weighted by Gasteiger charge is -2.29. The summed E-state index contributed by atoms with van der Waals surface area (Å²) in [6.45, 7) is 2.01. The Morgan fingerprint density at radius 1 is 0.972 bits per heavy atom. The van der Waals surface area contributed by atoms with Crippen molar-refractivity contribution in [2.75, 3.05) is 25.7 Å². The number of methoxy groups -OCH3 is 2. The number of amides is 2. The Kier molecular flexibility index (Phi) is 5.24. The fourth-order valence-corrected chi connectivity index (χ4v) is 6.58. The summed E-state index contributed by atoms with van der Waals surface area (Å²) in [5.41, 5.74) is 2.47. The second-order valence-corrected chi connectivity index (χ2v) is 9.54. The van der Waals surface area contributed by atoms with Crippen LogP contribution in [-0.2, 0) is 19.2 Å². The molecule has 186 valence electrons. The molecular formula is C27H26N2O7. The van der Waals surface area contributed by atoms with E-state index in [4.69, 9.17) is 19.0 Å². The molecule has 2 aromatic rings. The Morgan fingerprint density at radius 3 is 2.33 bits per heavy atom. The summed E-state index contributed by atoms with van der Waals surface area (Å²) in [7, 11) is 3.16. The predicted octanol–water partition coefficient (Wildman–Crippen LogP) is 3.06. The van der Waals surface area contributed by atoms with Crippen molar-refractivity contribution in [1.29, 1.82) is 0 Å². The number of carbonyl (C=O) groups is 3. The largest absolute Gasteiger partial charge is 0.493 e. The summed E-state index contributed by atoms with van der Waals surface area (Å²) >= 11 is 0.